The molecule has 1 aromatic carbocycles. The molecule has 3 aromatic rings. The van der Waals surface area contributed by atoms with E-state index in [1.54, 1.807) is 30.5 Å². The molecule has 0 spiro atoms. The van der Waals surface area contributed by atoms with E-state index >= 15 is 0 Å². The standard InChI is InChI=1S/C20H23N5O2/c1-3-21-14-8-12(2)25(11-14)20(27)16-9-18(13-4-6-15(26)7-5-13)23-19-17(16)10-22-24-19/h4-7,9-10,12,14,21,26H,3,8,11H2,1-2H3,(H,22,23,24). The van der Waals surface area contributed by atoms with Gasteiger partial charge in [0.05, 0.1) is 22.8 Å². The summed E-state index contributed by atoms with van der Waals surface area (Å²) >= 11 is 0. The number of likely N-dealkylation sites (N-methyl/N-ethyl adjacent to an activating group) is 1. The molecule has 1 aliphatic rings. The van der Waals surface area contributed by atoms with E-state index < -0.39 is 0 Å². The largest absolute Gasteiger partial charge is 0.508 e. The van der Waals surface area contributed by atoms with Crippen LogP contribution in [0, 0.1) is 0 Å². The maximum absolute atomic E-state index is 13.3. The molecule has 0 aliphatic carbocycles. The molecule has 0 radical (unpaired) electrons. The zero-order valence-electron chi connectivity index (χ0n) is 15.4. The number of likely N-dealkylation sites (tertiary alicyclic amines) is 1. The van der Waals surface area contributed by atoms with Gasteiger partial charge in [-0.25, -0.2) is 4.98 Å². The highest BCUT2D eigenvalue weighted by Gasteiger charge is 2.33. The first kappa shape index (κ1) is 17.5. The highest BCUT2D eigenvalue weighted by Crippen LogP contribution is 2.28. The topological polar surface area (TPSA) is 94.1 Å². The van der Waals surface area contributed by atoms with E-state index in [1.807, 2.05) is 11.0 Å². The molecule has 0 bridgehead atoms. The van der Waals surface area contributed by atoms with Crippen molar-refractivity contribution in [3.05, 3.63) is 42.1 Å². The summed E-state index contributed by atoms with van der Waals surface area (Å²) in [6.07, 6.45) is 2.60. The lowest BCUT2D eigenvalue weighted by Gasteiger charge is -2.22. The average molecular weight is 365 g/mol. The van der Waals surface area contributed by atoms with Crippen LogP contribution in [0.3, 0.4) is 0 Å². The first-order valence-corrected chi connectivity index (χ1v) is 9.24. The number of hydrogen-bond acceptors (Lipinski definition) is 5. The minimum atomic E-state index is -0.00303. The van der Waals surface area contributed by atoms with Crippen LogP contribution < -0.4 is 5.32 Å². The van der Waals surface area contributed by atoms with Gasteiger partial charge >= 0.3 is 0 Å². The number of aromatic nitrogens is 3. The summed E-state index contributed by atoms with van der Waals surface area (Å²) in [5.41, 5.74) is 2.68. The number of hydrogen-bond donors (Lipinski definition) is 3. The summed E-state index contributed by atoms with van der Waals surface area (Å²) in [7, 11) is 0. The van der Waals surface area contributed by atoms with Crippen LogP contribution in [0.25, 0.3) is 22.3 Å². The van der Waals surface area contributed by atoms with E-state index in [2.05, 4.69) is 34.3 Å². The number of H-pyrrole nitrogens is 1. The second-order valence-electron chi connectivity index (χ2n) is 7.03. The Morgan fingerprint density at radius 3 is 2.89 bits per heavy atom. The van der Waals surface area contributed by atoms with Crippen molar-refractivity contribution in [2.45, 2.75) is 32.4 Å². The van der Waals surface area contributed by atoms with Gasteiger partial charge < -0.3 is 15.3 Å². The molecule has 4 rings (SSSR count). The van der Waals surface area contributed by atoms with Gasteiger partial charge in [-0.2, -0.15) is 5.10 Å². The van der Waals surface area contributed by atoms with Crippen molar-refractivity contribution >= 4 is 16.9 Å². The van der Waals surface area contributed by atoms with Crippen LogP contribution >= 0.6 is 0 Å². The van der Waals surface area contributed by atoms with Gasteiger partial charge in [0, 0.05) is 24.2 Å². The fourth-order valence-corrected chi connectivity index (χ4v) is 3.79. The van der Waals surface area contributed by atoms with Crippen molar-refractivity contribution in [1.82, 2.24) is 25.4 Å². The van der Waals surface area contributed by atoms with E-state index in [9.17, 15) is 9.90 Å². The lowest BCUT2D eigenvalue weighted by molar-refractivity contribution is 0.0746. The van der Waals surface area contributed by atoms with Gasteiger partial charge in [0.1, 0.15) is 5.75 Å². The zero-order valence-corrected chi connectivity index (χ0v) is 15.4. The van der Waals surface area contributed by atoms with Gasteiger partial charge in [0.25, 0.3) is 5.91 Å². The van der Waals surface area contributed by atoms with Gasteiger partial charge in [-0.1, -0.05) is 6.92 Å². The number of nitrogens with one attached hydrogen (secondary N) is 2. The monoisotopic (exact) mass is 365 g/mol. The molecule has 140 valence electrons. The third kappa shape index (κ3) is 3.26. The fourth-order valence-electron chi connectivity index (χ4n) is 3.79. The number of pyridine rings is 1. The van der Waals surface area contributed by atoms with E-state index in [4.69, 9.17) is 0 Å². The second kappa shape index (κ2) is 7.00. The fraction of sp³-hybridized carbons (Fsp3) is 0.350. The Hall–Kier alpha value is -2.93. The molecule has 2 unspecified atom stereocenters. The smallest absolute Gasteiger partial charge is 0.255 e. The maximum Gasteiger partial charge on any atom is 0.255 e. The number of benzene rings is 1. The van der Waals surface area contributed by atoms with Gasteiger partial charge in [-0.15, -0.1) is 0 Å². The Morgan fingerprint density at radius 2 is 2.15 bits per heavy atom. The Balaban J connectivity index is 1.73. The summed E-state index contributed by atoms with van der Waals surface area (Å²) in [6.45, 7) is 5.76. The quantitative estimate of drug-likeness (QED) is 0.661. The predicted molar refractivity (Wildman–Crippen MR) is 104 cm³/mol. The summed E-state index contributed by atoms with van der Waals surface area (Å²) < 4.78 is 0. The normalized spacial score (nSPS) is 19.7. The highest BCUT2D eigenvalue weighted by molar-refractivity contribution is 6.06. The summed E-state index contributed by atoms with van der Waals surface area (Å²) in [5, 5.41) is 20.6. The van der Waals surface area contributed by atoms with Crippen molar-refractivity contribution in [3.63, 3.8) is 0 Å². The number of phenolic OH excluding ortho intramolecular Hbond substituents is 1. The van der Waals surface area contributed by atoms with Crippen molar-refractivity contribution < 1.29 is 9.90 Å². The van der Waals surface area contributed by atoms with Gasteiger partial charge in [0.15, 0.2) is 5.65 Å². The highest BCUT2D eigenvalue weighted by atomic mass is 16.3. The van der Waals surface area contributed by atoms with Crippen molar-refractivity contribution in [2.24, 2.45) is 0 Å². The Morgan fingerprint density at radius 1 is 1.37 bits per heavy atom. The van der Waals surface area contributed by atoms with Crippen LogP contribution in [0.15, 0.2) is 36.5 Å². The van der Waals surface area contributed by atoms with E-state index in [-0.39, 0.29) is 17.7 Å². The molecule has 7 heteroatoms. The first-order chi connectivity index (χ1) is 13.1. The molecule has 1 aliphatic heterocycles. The number of carbonyl (C=O) groups is 1. The third-order valence-corrected chi connectivity index (χ3v) is 5.14. The van der Waals surface area contributed by atoms with Gasteiger partial charge in [-0.05, 0) is 50.2 Å². The molecule has 2 atom stereocenters. The van der Waals surface area contributed by atoms with Crippen LogP contribution in [0.4, 0.5) is 0 Å². The molecule has 2 aromatic heterocycles. The molecule has 3 N–H and O–H groups in total. The number of rotatable bonds is 4. The van der Waals surface area contributed by atoms with Crippen LogP contribution in [-0.2, 0) is 0 Å². The number of aromatic amines is 1. The minimum absolute atomic E-state index is 0.00303. The van der Waals surface area contributed by atoms with Crippen molar-refractivity contribution in [3.8, 4) is 17.0 Å². The number of amides is 1. The van der Waals surface area contributed by atoms with Crippen LogP contribution in [0.2, 0.25) is 0 Å². The molecule has 7 nitrogen and oxygen atoms in total. The zero-order chi connectivity index (χ0) is 19.0. The van der Waals surface area contributed by atoms with Crippen LogP contribution in [0.5, 0.6) is 5.75 Å². The van der Waals surface area contributed by atoms with E-state index in [0.717, 1.165) is 23.9 Å². The van der Waals surface area contributed by atoms with Crippen molar-refractivity contribution in [2.75, 3.05) is 13.1 Å². The number of phenols is 1. The molecular weight excluding hydrogens is 342 g/mol. The Labute approximate surface area is 157 Å². The third-order valence-electron chi connectivity index (χ3n) is 5.14. The van der Waals surface area contributed by atoms with Crippen molar-refractivity contribution in [1.29, 1.82) is 0 Å². The summed E-state index contributed by atoms with van der Waals surface area (Å²) in [5.74, 6) is 0.190. The summed E-state index contributed by atoms with van der Waals surface area (Å²) in [6, 6.07) is 9.11. The number of nitrogens with zero attached hydrogens (tertiary/aromatic N) is 3. The lowest BCUT2D eigenvalue weighted by atomic mass is 10.1. The van der Waals surface area contributed by atoms with Crippen LogP contribution in [-0.4, -0.2) is 56.3 Å². The maximum atomic E-state index is 13.3. The van der Waals surface area contributed by atoms with Gasteiger partial charge in [-0.3, -0.25) is 9.89 Å². The Kier molecular flexibility index (Phi) is 4.53. The van der Waals surface area contributed by atoms with Gasteiger partial charge in [0.2, 0.25) is 0 Å². The van der Waals surface area contributed by atoms with E-state index in [0.29, 0.717) is 29.5 Å². The molecule has 3 heterocycles. The van der Waals surface area contributed by atoms with E-state index in [1.165, 1.54) is 0 Å². The molecule has 1 fully saturated rings. The molecular formula is C20H23N5O2. The first-order valence-electron chi connectivity index (χ1n) is 9.24. The molecule has 27 heavy (non-hydrogen) atoms. The molecule has 1 amide bonds. The molecule has 1 saturated heterocycles. The molecule has 0 saturated carbocycles. The van der Waals surface area contributed by atoms with Crippen LogP contribution in [0.1, 0.15) is 30.6 Å². The lowest BCUT2D eigenvalue weighted by Crippen LogP contribution is -2.37. The number of aromatic hydroxyl groups is 1. The predicted octanol–water partition coefficient (Wildman–Crippen LogP) is 2.54. The summed E-state index contributed by atoms with van der Waals surface area (Å²) in [4.78, 5) is 19.9. The number of carbonyl (C=O) groups excluding carboxylic acids is 1. The number of fused-ring (bicyclic) bond motifs is 1. The SMILES string of the molecule is CCNC1CC(C)N(C(=O)c2cc(-c3ccc(O)cc3)nc3[nH]ncc23)C1. The second-order valence-corrected chi connectivity index (χ2v) is 7.03. The average Bonchev–Trinajstić information content (AvgIpc) is 3.27. The minimum Gasteiger partial charge on any atom is -0.508 e. The Bertz CT molecular complexity index is 966.